The van der Waals surface area contributed by atoms with Gasteiger partial charge in [-0.05, 0) is 25.1 Å². The fourth-order valence-corrected chi connectivity index (χ4v) is 0.962. The molecule has 84 valence electrons. The lowest BCUT2D eigenvalue weighted by Gasteiger charge is -1.96. The Balaban J connectivity index is 0.000000221. The van der Waals surface area contributed by atoms with Crippen molar-refractivity contribution < 1.29 is 9.53 Å². The van der Waals surface area contributed by atoms with Crippen LogP contribution in [-0.2, 0) is 9.53 Å². The largest absolute Gasteiger partial charge is 0.468 e. The van der Waals surface area contributed by atoms with Crippen LogP contribution in [0.1, 0.15) is 6.92 Å². The van der Waals surface area contributed by atoms with E-state index in [4.69, 9.17) is 0 Å². The van der Waals surface area contributed by atoms with E-state index in [0.29, 0.717) is 13.1 Å². The summed E-state index contributed by atoms with van der Waals surface area (Å²) in [5.41, 5.74) is 0. The van der Waals surface area contributed by atoms with Gasteiger partial charge in [0.05, 0.1) is 6.61 Å². The monoisotopic (exact) mass is 219 g/mol. The molecule has 0 saturated heterocycles. The molecule has 2 aromatic heterocycles. The average Bonchev–Trinajstić information content (AvgIpc) is 2.86. The van der Waals surface area contributed by atoms with Crippen LogP contribution >= 0.6 is 0 Å². The summed E-state index contributed by atoms with van der Waals surface area (Å²) in [5.74, 6) is 0.845. The Kier molecular flexibility index (Phi) is 5.33. The Morgan fingerprint density at radius 1 is 1.38 bits per heavy atom. The van der Waals surface area contributed by atoms with Crippen molar-refractivity contribution in [3.8, 4) is 5.82 Å². The minimum absolute atomic E-state index is 0.431. The molecule has 0 atom stereocenters. The van der Waals surface area contributed by atoms with Gasteiger partial charge in [-0.25, -0.2) is 9.67 Å². The molecule has 0 radical (unpaired) electrons. The quantitative estimate of drug-likeness (QED) is 0.733. The normalized spacial score (nSPS) is 8.81. The molecule has 5 heteroatoms. The maximum absolute atomic E-state index is 9.18. The van der Waals surface area contributed by atoms with Crippen molar-refractivity contribution in [1.82, 2.24) is 14.8 Å². The maximum Gasteiger partial charge on any atom is 0.293 e. The third-order valence-corrected chi connectivity index (χ3v) is 1.62. The van der Waals surface area contributed by atoms with E-state index < -0.39 is 0 Å². The molecule has 0 unspecified atom stereocenters. The molecule has 0 aromatic carbocycles. The van der Waals surface area contributed by atoms with Gasteiger partial charge >= 0.3 is 0 Å². The predicted octanol–water partition coefficient (Wildman–Crippen LogP) is 1.45. The van der Waals surface area contributed by atoms with Crippen molar-refractivity contribution in [3.63, 3.8) is 0 Å². The number of rotatable bonds is 3. The van der Waals surface area contributed by atoms with Gasteiger partial charge in [-0.15, -0.1) is 0 Å². The van der Waals surface area contributed by atoms with Gasteiger partial charge in [0.1, 0.15) is 0 Å². The highest BCUT2D eigenvalue weighted by molar-refractivity contribution is 5.36. The molecule has 2 heterocycles. The van der Waals surface area contributed by atoms with Gasteiger partial charge in [-0.1, -0.05) is 6.07 Å². The molecule has 0 aliphatic rings. The van der Waals surface area contributed by atoms with Gasteiger partial charge < -0.3 is 4.74 Å². The lowest BCUT2D eigenvalue weighted by atomic mass is 10.5. The lowest BCUT2D eigenvalue weighted by Crippen LogP contribution is -1.95. The van der Waals surface area contributed by atoms with Crippen LogP contribution in [0.3, 0.4) is 0 Å². The van der Waals surface area contributed by atoms with E-state index in [-0.39, 0.29) is 0 Å². The van der Waals surface area contributed by atoms with Crippen LogP contribution in [0.15, 0.2) is 42.9 Å². The SMILES string of the molecule is CCOC=O.c1ccc(-n2cccn2)nc1. The topological polar surface area (TPSA) is 57.0 Å². The summed E-state index contributed by atoms with van der Waals surface area (Å²) in [4.78, 5) is 13.3. The van der Waals surface area contributed by atoms with Gasteiger partial charge in [0.25, 0.3) is 6.47 Å². The van der Waals surface area contributed by atoms with Gasteiger partial charge in [-0.3, -0.25) is 4.79 Å². The van der Waals surface area contributed by atoms with E-state index in [0.717, 1.165) is 5.82 Å². The number of hydrogen-bond acceptors (Lipinski definition) is 4. The third-order valence-electron chi connectivity index (χ3n) is 1.62. The molecule has 0 N–H and O–H groups in total. The van der Waals surface area contributed by atoms with E-state index in [1.807, 2.05) is 30.5 Å². The molecule has 2 rings (SSSR count). The number of ether oxygens (including phenoxy) is 1. The molecule has 0 spiro atoms. The van der Waals surface area contributed by atoms with Crippen LogP contribution in [0.5, 0.6) is 0 Å². The van der Waals surface area contributed by atoms with Crippen LogP contribution < -0.4 is 0 Å². The van der Waals surface area contributed by atoms with Crippen LogP contribution in [0.4, 0.5) is 0 Å². The first-order valence-electron chi connectivity index (χ1n) is 4.84. The number of aromatic nitrogens is 3. The second-order valence-corrected chi connectivity index (χ2v) is 2.69. The van der Waals surface area contributed by atoms with E-state index in [2.05, 4.69) is 14.8 Å². The lowest BCUT2D eigenvalue weighted by molar-refractivity contribution is -0.128. The van der Waals surface area contributed by atoms with E-state index >= 15 is 0 Å². The number of carbonyl (C=O) groups excluding carboxylic acids is 1. The molecular weight excluding hydrogens is 206 g/mol. The Morgan fingerprint density at radius 2 is 2.25 bits per heavy atom. The maximum atomic E-state index is 9.18. The van der Waals surface area contributed by atoms with Gasteiger partial charge in [0.15, 0.2) is 5.82 Å². The first-order valence-corrected chi connectivity index (χ1v) is 4.84. The van der Waals surface area contributed by atoms with E-state index in [1.165, 1.54) is 0 Å². The summed E-state index contributed by atoms with van der Waals surface area (Å²) in [6.45, 7) is 2.66. The highest BCUT2D eigenvalue weighted by Gasteiger charge is 1.92. The second-order valence-electron chi connectivity index (χ2n) is 2.69. The van der Waals surface area contributed by atoms with Crippen LogP contribution in [0.25, 0.3) is 5.82 Å². The standard InChI is InChI=1S/C8H7N3.C3H6O2/c1-2-5-9-8(4-1)11-7-3-6-10-11;1-2-5-3-4/h1-7H;3H,2H2,1H3. The van der Waals surface area contributed by atoms with E-state index in [9.17, 15) is 4.79 Å². The molecule has 0 amide bonds. The summed E-state index contributed by atoms with van der Waals surface area (Å²) < 4.78 is 5.88. The van der Waals surface area contributed by atoms with Crippen molar-refractivity contribution in [1.29, 1.82) is 0 Å². The average molecular weight is 219 g/mol. The van der Waals surface area contributed by atoms with Crippen molar-refractivity contribution in [2.75, 3.05) is 6.61 Å². The Bertz CT molecular complexity index is 387. The van der Waals surface area contributed by atoms with Crippen LogP contribution in [0.2, 0.25) is 0 Å². The fraction of sp³-hybridized carbons (Fsp3) is 0.182. The van der Waals surface area contributed by atoms with Crippen LogP contribution in [-0.4, -0.2) is 27.8 Å². The Labute approximate surface area is 93.7 Å². The molecule has 0 aliphatic heterocycles. The van der Waals surface area contributed by atoms with Crippen molar-refractivity contribution in [3.05, 3.63) is 42.9 Å². The van der Waals surface area contributed by atoms with Gasteiger partial charge in [0, 0.05) is 18.6 Å². The number of hydrogen-bond donors (Lipinski definition) is 0. The summed E-state index contributed by atoms with van der Waals surface area (Å²) in [5, 5.41) is 4.04. The third kappa shape index (κ3) is 3.91. The first-order chi connectivity index (χ1) is 7.88. The molecule has 2 aromatic rings. The first kappa shape index (κ1) is 11.9. The van der Waals surface area contributed by atoms with Gasteiger partial charge in [-0.2, -0.15) is 5.10 Å². The summed E-state index contributed by atoms with van der Waals surface area (Å²) in [6.07, 6.45) is 5.34. The second kappa shape index (κ2) is 7.17. The minimum Gasteiger partial charge on any atom is -0.468 e. The summed E-state index contributed by atoms with van der Waals surface area (Å²) in [6, 6.07) is 7.60. The smallest absolute Gasteiger partial charge is 0.293 e. The van der Waals surface area contributed by atoms with Crippen molar-refractivity contribution >= 4 is 6.47 Å². The van der Waals surface area contributed by atoms with Gasteiger partial charge in [0.2, 0.25) is 0 Å². The molecule has 0 aliphatic carbocycles. The highest BCUT2D eigenvalue weighted by Crippen LogP contribution is 1.98. The zero-order valence-corrected chi connectivity index (χ0v) is 8.98. The molecule has 0 fully saturated rings. The number of pyridine rings is 1. The zero-order valence-electron chi connectivity index (χ0n) is 8.98. The van der Waals surface area contributed by atoms with E-state index in [1.54, 1.807) is 24.0 Å². The molecule has 0 saturated carbocycles. The van der Waals surface area contributed by atoms with Crippen molar-refractivity contribution in [2.24, 2.45) is 0 Å². The summed E-state index contributed by atoms with van der Waals surface area (Å²) >= 11 is 0. The van der Waals surface area contributed by atoms with Crippen molar-refractivity contribution in [2.45, 2.75) is 6.92 Å². The minimum atomic E-state index is 0.431. The fourth-order valence-electron chi connectivity index (χ4n) is 0.962. The Morgan fingerprint density at radius 3 is 2.69 bits per heavy atom. The zero-order chi connectivity index (χ0) is 11.6. The summed E-state index contributed by atoms with van der Waals surface area (Å²) in [7, 11) is 0. The van der Waals surface area contributed by atoms with Crippen LogP contribution in [0, 0.1) is 0 Å². The molecule has 5 nitrogen and oxygen atoms in total. The highest BCUT2D eigenvalue weighted by atomic mass is 16.5. The molecule has 16 heavy (non-hydrogen) atoms. The Hall–Kier alpha value is -2.17. The number of nitrogens with zero attached hydrogens (tertiary/aromatic N) is 3. The predicted molar refractivity (Wildman–Crippen MR) is 59.0 cm³/mol. The molecule has 0 bridgehead atoms. The molecular formula is C11H13N3O2. The number of carbonyl (C=O) groups is 1.